The van der Waals surface area contributed by atoms with Crippen LogP contribution in [0.4, 0.5) is 0 Å². The fourth-order valence-electron chi connectivity index (χ4n) is 1.82. The van der Waals surface area contributed by atoms with Crippen LogP contribution in [0.2, 0.25) is 0 Å². The smallest absolute Gasteiger partial charge is 0.120 e. The van der Waals surface area contributed by atoms with Crippen LogP contribution in [0.15, 0.2) is 34.1 Å². The molecular formula is C14H16BrNO2S. The molecule has 0 amide bonds. The lowest BCUT2D eigenvalue weighted by molar-refractivity contribution is 0.407. The van der Waals surface area contributed by atoms with Gasteiger partial charge in [-0.25, -0.2) is 0 Å². The highest BCUT2D eigenvalue weighted by Crippen LogP contribution is 2.29. The molecule has 1 atom stereocenters. The summed E-state index contributed by atoms with van der Waals surface area (Å²) >= 11 is 5.14. The number of phenols is 1. The Morgan fingerprint density at radius 3 is 2.84 bits per heavy atom. The van der Waals surface area contributed by atoms with E-state index in [1.54, 1.807) is 30.6 Å². The van der Waals surface area contributed by atoms with Crippen LogP contribution in [0.5, 0.6) is 11.5 Å². The summed E-state index contributed by atoms with van der Waals surface area (Å²) in [5.74, 6) is 1.04. The normalized spacial score (nSPS) is 12.4. The number of hydrogen-bond donors (Lipinski definition) is 2. The van der Waals surface area contributed by atoms with Crippen molar-refractivity contribution in [3.05, 3.63) is 44.6 Å². The van der Waals surface area contributed by atoms with Gasteiger partial charge in [0.25, 0.3) is 0 Å². The highest BCUT2D eigenvalue weighted by Gasteiger charge is 2.11. The molecule has 0 aliphatic heterocycles. The zero-order valence-electron chi connectivity index (χ0n) is 10.8. The van der Waals surface area contributed by atoms with Crippen LogP contribution in [0, 0.1) is 0 Å². The summed E-state index contributed by atoms with van der Waals surface area (Å²) < 4.78 is 6.29. The van der Waals surface area contributed by atoms with E-state index >= 15 is 0 Å². The third kappa shape index (κ3) is 3.72. The third-order valence-electron chi connectivity index (χ3n) is 2.91. The molecule has 0 spiro atoms. The van der Waals surface area contributed by atoms with Gasteiger partial charge in [0.15, 0.2) is 0 Å². The van der Waals surface area contributed by atoms with Gasteiger partial charge in [-0.15, -0.1) is 11.3 Å². The first-order valence-electron chi connectivity index (χ1n) is 5.93. The van der Waals surface area contributed by atoms with Gasteiger partial charge in [-0.1, -0.05) is 0 Å². The largest absolute Gasteiger partial charge is 0.508 e. The van der Waals surface area contributed by atoms with E-state index in [1.807, 2.05) is 13.0 Å². The van der Waals surface area contributed by atoms with Crippen LogP contribution >= 0.6 is 27.3 Å². The number of benzene rings is 1. The summed E-state index contributed by atoms with van der Waals surface area (Å²) in [6.07, 6.45) is 0. The molecule has 0 saturated carbocycles. The first-order chi connectivity index (χ1) is 9.10. The van der Waals surface area contributed by atoms with Crippen LogP contribution in [0.3, 0.4) is 0 Å². The van der Waals surface area contributed by atoms with E-state index < -0.39 is 0 Å². The fraction of sp³-hybridized carbons (Fsp3) is 0.286. The van der Waals surface area contributed by atoms with Crippen molar-refractivity contribution in [2.45, 2.75) is 19.5 Å². The molecule has 0 aliphatic rings. The fourth-order valence-corrected chi connectivity index (χ4v) is 3.22. The summed E-state index contributed by atoms with van der Waals surface area (Å²) in [6.45, 7) is 2.80. The molecule has 0 fully saturated rings. The molecular weight excluding hydrogens is 326 g/mol. The topological polar surface area (TPSA) is 41.5 Å². The Morgan fingerprint density at radius 1 is 1.42 bits per heavy atom. The van der Waals surface area contributed by atoms with Gasteiger partial charge in [-0.2, -0.15) is 0 Å². The van der Waals surface area contributed by atoms with Crippen LogP contribution in [-0.4, -0.2) is 12.2 Å². The first-order valence-corrected chi connectivity index (χ1v) is 7.60. The summed E-state index contributed by atoms with van der Waals surface area (Å²) in [4.78, 5) is 1.25. The Morgan fingerprint density at radius 2 is 2.21 bits per heavy atom. The maximum absolute atomic E-state index is 9.90. The monoisotopic (exact) mass is 341 g/mol. The van der Waals surface area contributed by atoms with E-state index in [0.717, 1.165) is 22.3 Å². The van der Waals surface area contributed by atoms with Crippen LogP contribution in [0.25, 0.3) is 0 Å². The highest BCUT2D eigenvalue weighted by atomic mass is 79.9. The molecule has 2 N–H and O–H groups in total. The molecule has 5 heteroatoms. The number of thiophene rings is 1. The Labute approximate surface area is 125 Å². The van der Waals surface area contributed by atoms with Crippen molar-refractivity contribution in [2.75, 3.05) is 7.11 Å². The van der Waals surface area contributed by atoms with E-state index in [2.05, 4.69) is 32.7 Å². The van der Waals surface area contributed by atoms with Crippen molar-refractivity contribution in [3.8, 4) is 11.5 Å². The number of rotatable bonds is 5. The van der Waals surface area contributed by atoms with Crippen LogP contribution in [-0.2, 0) is 6.54 Å². The second-order valence-electron chi connectivity index (χ2n) is 4.26. The van der Waals surface area contributed by atoms with Crippen LogP contribution < -0.4 is 10.1 Å². The SMILES string of the molecule is COc1ccc(O)c(C(C)NCc2cc(Br)cs2)c1. The minimum atomic E-state index is 0.0518. The number of ether oxygens (including phenoxy) is 1. The lowest BCUT2D eigenvalue weighted by Crippen LogP contribution is -2.17. The predicted molar refractivity (Wildman–Crippen MR) is 81.9 cm³/mol. The van der Waals surface area contributed by atoms with Gasteiger partial charge in [0.2, 0.25) is 0 Å². The van der Waals surface area contributed by atoms with Gasteiger partial charge >= 0.3 is 0 Å². The molecule has 0 bridgehead atoms. The molecule has 19 heavy (non-hydrogen) atoms. The van der Waals surface area contributed by atoms with E-state index in [1.165, 1.54) is 4.88 Å². The van der Waals surface area contributed by atoms with Crippen molar-refractivity contribution >= 4 is 27.3 Å². The number of halogens is 1. The number of aromatic hydroxyl groups is 1. The van der Waals surface area contributed by atoms with E-state index in [9.17, 15) is 5.11 Å². The standard InChI is InChI=1S/C14H16BrNO2S/c1-9(16-7-12-5-10(15)8-19-12)13-6-11(18-2)3-4-14(13)17/h3-6,8-9,16-17H,7H2,1-2H3. The molecule has 2 aromatic rings. The minimum Gasteiger partial charge on any atom is -0.508 e. The van der Waals surface area contributed by atoms with Crippen molar-refractivity contribution in [3.63, 3.8) is 0 Å². The minimum absolute atomic E-state index is 0.0518. The average Bonchev–Trinajstić information content (AvgIpc) is 2.82. The third-order valence-corrected chi connectivity index (χ3v) is 4.60. The van der Waals surface area contributed by atoms with Crippen molar-refractivity contribution in [1.29, 1.82) is 0 Å². The van der Waals surface area contributed by atoms with Gasteiger partial charge < -0.3 is 15.2 Å². The van der Waals surface area contributed by atoms with Gasteiger partial charge in [0.1, 0.15) is 11.5 Å². The number of phenolic OH excluding ortho intramolecular Hbond substituents is 1. The molecule has 0 saturated heterocycles. The lowest BCUT2D eigenvalue weighted by atomic mass is 10.1. The van der Waals surface area contributed by atoms with Crippen molar-refractivity contribution in [2.24, 2.45) is 0 Å². The number of hydrogen-bond acceptors (Lipinski definition) is 4. The summed E-state index contributed by atoms with van der Waals surface area (Å²) in [6, 6.07) is 7.42. The Kier molecular flexibility index (Phi) is 4.85. The second kappa shape index (κ2) is 6.41. The van der Waals surface area contributed by atoms with Crippen LogP contribution in [0.1, 0.15) is 23.4 Å². The highest BCUT2D eigenvalue weighted by molar-refractivity contribution is 9.10. The van der Waals surface area contributed by atoms with Crippen molar-refractivity contribution < 1.29 is 9.84 Å². The molecule has 102 valence electrons. The van der Waals surface area contributed by atoms with Gasteiger partial charge in [0.05, 0.1) is 7.11 Å². The Hall–Kier alpha value is -1.04. The molecule has 1 aromatic carbocycles. The van der Waals surface area contributed by atoms with Gasteiger partial charge in [-0.3, -0.25) is 0 Å². The van der Waals surface area contributed by atoms with E-state index in [-0.39, 0.29) is 11.8 Å². The summed E-state index contributed by atoms with van der Waals surface area (Å²) in [7, 11) is 1.62. The summed E-state index contributed by atoms with van der Waals surface area (Å²) in [5.41, 5.74) is 0.843. The zero-order chi connectivity index (χ0) is 13.8. The van der Waals surface area contributed by atoms with Crippen molar-refractivity contribution in [1.82, 2.24) is 5.32 Å². The average molecular weight is 342 g/mol. The molecule has 0 aliphatic carbocycles. The zero-order valence-corrected chi connectivity index (χ0v) is 13.2. The Balaban J connectivity index is 2.04. The number of nitrogens with one attached hydrogen (secondary N) is 1. The van der Waals surface area contributed by atoms with Gasteiger partial charge in [-0.05, 0) is 47.1 Å². The van der Waals surface area contributed by atoms with Gasteiger partial charge in [0, 0.05) is 32.9 Å². The second-order valence-corrected chi connectivity index (χ2v) is 6.17. The maximum Gasteiger partial charge on any atom is 0.120 e. The molecule has 2 rings (SSSR count). The predicted octanol–water partition coefficient (Wildman–Crippen LogP) is 4.08. The quantitative estimate of drug-likeness (QED) is 0.860. The Bertz CT molecular complexity index is 556. The van der Waals surface area contributed by atoms with E-state index in [4.69, 9.17) is 4.74 Å². The molecule has 1 unspecified atom stereocenters. The first kappa shape index (κ1) is 14.4. The number of methoxy groups -OCH3 is 1. The molecule has 1 heterocycles. The molecule has 1 aromatic heterocycles. The lowest BCUT2D eigenvalue weighted by Gasteiger charge is -2.16. The summed E-state index contributed by atoms with van der Waals surface area (Å²) in [5, 5.41) is 15.4. The maximum atomic E-state index is 9.90. The molecule has 3 nitrogen and oxygen atoms in total. The van der Waals surface area contributed by atoms with E-state index in [0.29, 0.717) is 0 Å². The molecule has 0 radical (unpaired) electrons.